The fourth-order valence-electron chi connectivity index (χ4n) is 1.67. The van der Waals surface area contributed by atoms with Gasteiger partial charge in [0.25, 0.3) is 0 Å². The van der Waals surface area contributed by atoms with Gasteiger partial charge in [0.15, 0.2) is 0 Å². The molecule has 0 saturated carbocycles. The number of esters is 1. The summed E-state index contributed by atoms with van der Waals surface area (Å²) in [5.41, 5.74) is 1.33. The fourth-order valence-corrected chi connectivity index (χ4v) is 1.67. The van der Waals surface area contributed by atoms with Crippen molar-refractivity contribution in [2.45, 2.75) is 26.4 Å². The lowest BCUT2D eigenvalue weighted by Crippen LogP contribution is -2.37. The van der Waals surface area contributed by atoms with Crippen molar-refractivity contribution in [2.75, 3.05) is 13.7 Å². The largest absolute Gasteiger partial charge is 0.465 e. The molecule has 1 rings (SSSR count). The van der Waals surface area contributed by atoms with E-state index in [1.54, 1.807) is 12.1 Å². The number of amides is 1. The third-order valence-corrected chi connectivity index (χ3v) is 2.47. The van der Waals surface area contributed by atoms with Crippen LogP contribution in [0.15, 0.2) is 24.3 Å². The van der Waals surface area contributed by atoms with Crippen LogP contribution in [0.4, 0.5) is 0 Å². The number of hydrogen-bond acceptors (Lipinski definition) is 4. The van der Waals surface area contributed by atoms with Crippen molar-refractivity contribution in [1.82, 2.24) is 10.6 Å². The minimum atomic E-state index is -0.371. The monoisotopic (exact) mass is 264 g/mol. The van der Waals surface area contributed by atoms with E-state index in [2.05, 4.69) is 10.6 Å². The van der Waals surface area contributed by atoms with E-state index in [1.165, 1.54) is 7.11 Å². The summed E-state index contributed by atoms with van der Waals surface area (Å²) >= 11 is 0. The van der Waals surface area contributed by atoms with Crippen LogP contribution in [0.5, 0.6) is 0 Å². The summed E-state index contributed by atoms with van der Waals surface area (Å²) in [6.45, 7) is 4.47. The van der Waals surface area contributed by atoms with Gasteiger partial charge in [0.1, 0.15) is 0 Å². The lowest BCUT2D eigenvalue weighted by atomic mass is 10.1. The van der Waals surface area contributed by atoms with Gasteiger partial charge < -0.3 is 15.4 Å². The highest BCUT2D eigenvalue weighted by Crippen LogP contribution is 2.09. The Labute approximate surface area is 113 Å². The van der Waals surface area contributed by atoms with Crippen molar-refractivity contribution in [3.63, 3.8) is 0 Å². The van der Waals surface area contributed by atoms with Crippen LogP contribution in [-0.4, -0.2) is 31.6 Å². The van der Waals surface area contributed by atoms with E-state index in [9.17, 15) is 9.59 Å². The number of rotatable bonds is 6. The first-order valence-electron chi connectivity index (χ1n) is 6.21. The van der Waals surface area contributed by atoms with Crippen LogP contribution in [0.1, 0.15) is 29.8 Å². The molecule has 0 aliphatic rings. The molecular formula is C14H20N2O3. The van der Waals surface area contributed by atoms with Crippen molar-refractivity contribution >= 4 is 11.9 Å². The van der Waals surface area contributed by atoms with E-state index in [-0.39, 0.29) is 24.5 Å². The number of methoxy groups -OCH3 is 1. The second-order valence-corrected chi connectivity index (χ2v) is 4.47. The number of ether oxygens (including phenoxy) is 1. The van der Waals surface area contributed by atoms with E-state index in [0.717, 1.165) is 5.56 Å². The molecule has 2 N–H and O–H groups in total. The predicted octanol–water partition coefficient (Wildman–Crippen LogP) is 1.09. The molecule has 0 radical (unpaired) electrons. The summed E-state index contributed by atoms with van der Waals surface area (Å²) in [4.78, 5) is 23.0. The Hall–Kier alpha value is -1.88. The number of nitrogens with one attached hydrogen (secondary N) is 2. The number of benzene rings is 1. The van der Waals surface area contributed by atoms with Gasteiger partial charge in [-0.25, -0.2) is 4.79 Å². The molecule has 5 heteroatoms. The van der Waals surface area contributed by atoms with E-state index >= 15 is 0 Å². The molecule has 1 aromatic carbocycles. The summed E-state index contributed by atoms with van der Waals surface area (Å²) < 4.78 is 4.71. The Balaban J connectivity index is 2.54. The van der Waals surface area contributed by atoms with E-state index in [0.29, 0.717) is 12.1 Å². The lowest BCUT2D eigenvalue weighted by Gasteiger charge is -2.11. The quantitative estimate of drug-likeness (QED) is 0.755. The molecule has 5 nitrogen and oxygen atoms in total. The Kier molecular flexibility index (Phi) is 6.02. The molecule has 0 spiro atoms. The Morgan fingerprint density at radius 1 is 1.26 bits per heavy atom. The van der Waals surface area contributed by atoms with Gasteiger partial charge in [0.2, 0.25) is 5.91 Å². The first-order valence-corrected chi connectivity index (χ1v) is 6.21. The second-order valence-electron chi connectivity index (χ2n) is 4.47. The number of carbonyl (C=O) groups is 2. The molecule has 0 bridgehead atoms. The molecule has 1 amide bonds. The van der Waals surface area contributed by atoms with Crippen LogP contribution in [0, 0.1) is 0 Å². The second kappa shape index (κ2) is 7.53. The molecule has 0 atom stereocenters. The van der Waals surface area contributed by atoms with Crippen LogP contribution >= 0.6 is 0 Å². The molecule has 0 saturated heterocycles. The maximum atomic E-state index is 11.5. The van der Waals surface area contributed by atoms with Gasteiger partial charge in [-0.1, -0.05) is 18.2 Å². The highest BCUT2D eigenvalue weighted by molar-refractivity contribution is 5.91. The van der Waals surface area contributed by atoms with Crippen LogP contribution in [0.3, 0.4) is 0 Å². The smallest absolute Gasteiger partial charge is 0.338 e. The van der Waals surface area contributed by atoms with E-state index in [1.807, 2.05) is 26.0 Å². The van der Waals surface area contributed by atoms with Crippen LogP contribution in [0.25, 0.3) is 0 Å². The van der Waals surface area contributed by atoms with Gasteiger partial charge in [-0.05, 0) is 25.5 Å². The number of hydrogen-bond donors (Lipinski definition) is 2. The van der Waals surface area contributed by atoms with Crippen LogP contribution in [-0.2, 0) is 16.1 Å². The van der Waals surface area contributed by atoms with E-state index < -0.39 is 0 Å². The fraction of sp³-hybridized carbons (Fsp3) is 0.429. The van der Waals surface area contributed by atoms with Gasteiger partial charge in [-0.3, -0.25) is 4.79 Å². The van der Waals surface area contributed by atoms with Gasteiger partial charge >= 0.3 is 5.97 Å². The summed E-state index contributed by atoms with van der Waals surface area (Å²) in [6.07, 6.45) is 0. The van der Waals surface area contributed by atoms with Crippen molar-refractivity contribution < 1.29 is 14.3 Å². The molecule has 0 fully saturated rings. The normalized spacial score (nSPS) is 10.3. The average Bonchev–Trinajstić information content (AvgIpc) is 2.37. The van der Waals surface area contributed by atoms with Gasteiger partial charge in [-0.15, -0.1) is 0 Å². The zero-order chi connectivity index (χ0) is 14.3. The van der Waals surface area contributed by atoms with Crippen LogP contribution in [0.2, 0.25) is 0 Å². The van der Waals surface area contributed by atoms with Crippen molar-refractivity contribution in [2.24, 2.45) is 0 Å². The molecule has 19 heavy (non-hydrogen) atoms. The van der Waals surface area contributed by atoms with Crippen LogP contribution < -0.4 is 10.6 Å². The highest BCUT2D eigenvalue weighted by atomic mass is 16.5. The SMILES string of the molecule is COC(=O)c1ccccc1CNCC(=O)NC(C)C. The summed E-state index contributed by atoms with van der Waals surface area (Å²) in [5, 5.41) is 5.79. The molecule has 0 heterocycles. The summed E-state index contributed by atoms with van der Waals surface area (Å²) in [6, 6.07) is 7.28. The Bertz CT molecular complexity index is 444. The average molecular weight is 264 g/mol. The number of carbonyl (C=O) groups excluding carboxylic acids is 2. The van der Waals surface area contributed by atoms with Gasteiger partial charge in [0.05, 0.1) is 19.2 Å². The zero-order valence-corrected chi connectivity index (χ0v) is 11.5. The maximum Gasteiger partial charge on any atom is 0.338 e. The third kappa shape index (κ3) is 5.09. The first kappa shape index (κ1) is 15.2. The van der Waals surface area contributed by atoms with Crippen molar-refractivity contribution in [3.05, 3.63) is 35.4 Å². The zero-order valence-electron chi connectivity index (χ0n) is 11.5. The molecule has 104 valence electrons. The minimum absolute atomic E-state index is 0.0643. The van der Waals surface area contributed by atoms with Crippen molar-refractivity contribution in [1.29, 1.82) is 0 Å². The summed E-state index contributed by atoms with van der Waals surface area (Å²) in [7, 11) is 1.35. The molecular weight excluding hydrogens is 244 g/mol. The summed E-state index contributed by atoms with van der Waals surface area (Å²) in [5.74, 6) is -0.436. The first-order chi connectivity index (χ1) is 9.04. The topological polar surface area (TPSA) is 67.4 Å². The van der Waals surface area contributed by atoms with Crippen molar-refractivity contribution in [3.8, 4) is 0 Å². The Morgan fingerprint density at radius 2 is 1.95 bits per heavy atom. The highest BCUT2D eigenvalue weighted by Gasteiger charge is 2.10. The molecule has 0 aliphatic carbocycles. The third-order valence-electron chi connectivity index (χ3n) is 2.47. The Morgan fingerprint density at radius 3 is 2.58 bits per heavy atom. The van der Waals surface area contributed by atoms with E-state index in [4.69, 9.17) is 4.74 Å². The standard InChI is InChI=1S/C14H20N2O3/c1-10(2)16-13(17)9-15-8-11-6-4-5-7-12(11)14(18)19-3/h4-7,10,15H,8-9H2,1-3H3,(H,16,17). The van der Waals surface area contributed by atoms with Gasteiger partial charge in [0, 0.05) is 12.6 Å². The lowest BCUT2D eigenvalue weighted by molar-refractivity contribution is -0.120. The molecule has 0 aromatic heterocycles. The predicted molar refractivity (Wildman–Crippen MR) is 72.8 cm³/mol. The molecule has 0 unspecified atom stereocenters. The minimum Gasteiger partial charge on any atom is -0.465 e. The molecule has 1 aromatic rings. The maximum absolute atomic E-state index is 11.5. The van der Waals surface area contributed by atoms with Gasteiger partial charge in [-0.2, -0.15) is 0 Å². The molecule has 0 aliphatic heterocycles.